The monoisotopic (exact) mass is 224 g/mol. The summed E-state index contributed by atoms with van der Waals surface area (Å²) in [6.45, 7) is 5.17. The quantitative estimate of drug-likeness (QED) is 0.535. The van der Waals surface area contributed by atoms with Gasteiger partial charge in [-0.25, -0.2) is 0 Å². The molecule has 0 saturated heterocycles. The van der Waals surface area contributed by atoms with Crippen LogP contribution in [0.15, 0.2) is 12.2 Å². The van der Waals surface area contributed by atoms with Crippen LogP contribution in [0.4, 0.5) is 0 Å². The van der Waals surface area contributed by atoms with Crippen molar-refractivity contribution < 1.29 is 4.79 Å². The van der Waals surface area contributed by atoms with E-state index in [9.17, 15) is 4.79 Å². The van der Waals surface area contributed by atoms with Crippen molar-refractivity contribution in [3.05, 3.63) is 12.2 Å². The molecular formula is C13H24N2O. The maximum atomic E-state index is 11.6. The van der Waals surface area contributed by atoms with Crippen molar-refractivity contribution in [2.24, 2.45) is 0 Å². The van der Waals surface area contributed by atoms with Gasteiger partial charge in [-0.3, -0.25) is 4.79 Å². The summed E-state index contributed by atoms with van der Waals surface area (Å²) in [5.41, 5.74) is 0. The zero-order valence-electron chi connectivity index (χ0n) is 10.5. The zero-order chi connectivity index (χ0) is 11.8. The molecule has 1 aliphatic rings. The minimum atomic E-state index is 0.200. The summed E-state index contributed by atoms with van der Waals surface area (Å²) in [5, 5.41) is 6.40. The van der Waals surface area contributed by atoms with E-state index in [0.717, 1.165) is 32.2 Å². The Balaban J connectivity index is 2.04. The number of hydrogen-bond donors (Lipinski definition) is 2. The van der Waals surface area contributed by atoms with Gasteiger partial charge in [0.05, 0.1) is 0 Å². The van der Waals surface area contributed by atoms with Gasteiger partial charge in [0.1, 0.15) is 0 Å². The van der Waals surface area contributed by atoms with Crippen molar-refractivity contribution in [2.45, 2.75) is 58.0 Å². The molecule has 0 aromatic heterocycles. The Labute approximate surface area is 98.7 Å². The Morgan fingerprint density at radius 2 is 2.25 bits per heavy atom. The van der Waals surface area contributed by atoms with Gasteiger partial charge in [0.15, 0.2) is 0 Å². The van der Waals surface area contributed by atoms with Crippen LogP contribution in [-0.2, 0) is 4.79 Å². The lowest BCUT2D eigenvalue weighted by Gasteiger charge is -2.19. The first-order valence-electron chi connectivity index (χ1n) is 6.36. The van der Waals surface area contributed by atoms with E-state index in [4.69, 9.17) is 0 Å². The molecular weight excluding hydrogens is 200 g/mol. The molecule has 3 heteroatoms. The molecule has 1 unspecified atom stereocenters. The van der Waals surface area contributed by atoms with Gasteiger partial charge in [-0.05, 0) is 32.2 Å². The summed E-state index contributed by atoms with van der Waals surface area (Å²) in [6.07, 6.45) is 9.10. The molecule has 0 aliphatic heterocycles. The molecule has 0 radical (unpaired) electrons. The number of hydrogen-bond acceptors (Lipinski definition) is 2. The number of allylic oxidation sites excluding steroid dienone is 1. The molecule has 1 amide bonds. The highest BCUT2D eigenvalue weighted by Crippen LogP contribution is 2.10. The van der Waals surface area contributed by atoms with Crippen LogP contribution in [0.1, 0.15) is 46.0 Å². The Bertz CT molecular complexity index is 236. The van der Waals surface area contributed by atoms with Crippen molar-refractivity contribution >= 4 is 5.91 Å². The van der Waals surface area contributed by atoms with Crippen molar-refractivity contribution in [3.63, 3.8) is 0 Å². The third kappa shape index (κ3) is 5.91. The Morgan fingerprint density at radius 3 is 2.88 bits per heavy atom. The third-order valence-electron chi connectivity index (χ3n) is 2.77. The van der Waals surface area contributed by atoms with Crippen LogP contribution in [-0.4, -0.2) is 24.5 Å². The molecule has 1 aliphatic carbocycles. The summed E-state index contributed by atoms with van der Waals surface area (Å²) < 4.78 is 0. The van der Waals surface area contributed by atoms with Gasteiger partial charge in [-0.2, -0.15) is 0 Å². The highest BCUT2D eigenvalue weighted by atomic mass is 16.1. The molecule has 0 bridgehead atoms. The number of carbonyl (C=O) groups excluding carboxylic acids is 1. The predicted octanol–water partition coefficient (Wildman–Crippen LogP) is 1.99. The van der Waals surface area contributed by atoms with Gasteiger partial charge in [0.2, 0.25) is 5.91 Å². The van der Waals surface area contributed by atoms with E-state index in [0.29, 0.717) is 18.5 Å². The largest absolute Gasteiger partial charge is 0.353 e. The van der Waals surface area contributed by atoms with Crippen LogP contribution in [0.3, 0.4) is 0 Å². The predicted molar refractivity (Wildman–Crippen MR) is 67.3 cm³/mol. The van der Waals surface area contributed by atoms with Crippen LogP contribution >= 0.6 is 0 Å². The third-order valence-corrected chi connectivity index (χ3v) is 2.77. The minimum Gasteiger partial charge on any atom is -0.353 e. The Morgan fingerprint density at radius 1 is 1.44 bits per heavy atom. The minimum absolute atomic E-state index is 0.200. The lowest BCUT2D eigenvalue weighted by molar-refractivity contribution is -0.121. The number of rotatable bonds is 6. The standard InChI is InChI=1S/C13H24N2O/c1-11(2)14-10-6-9-13(16)15-12-7-4-3-5-8-12/h3-4,11-12,14H,5-10H2,1-2H3,(H,15,16). The van der Waals surface area contributed by atoms with Gasteiger partial charge in [0.25, 0.3) is 0 Å². The summed E-state index contributed by atoms with van der Waals surface area (Å²) in [5.74, 6) is 0.200. The summed E-state index contributed by atoms with van der Waals surface area (Å²) in [6, 6.07) is 0.877. The van der Waals surface area contributed by atoms with Crippen LogP contribution in [0.5, 0.6) is 0 Å². The average Bonchev–Trinajstić information content (AvgIpc) is 2.25. The van der Waals surface area contributed by atoms with Crippen molar-refractivity contribution in [1.29, 1.82) is 0 Å². The Hall–Kier alpha value is -0.830. The van der Waals surface area contributed by atoms with Crippen molar-refractivity contribution in [2.75, 3.05) is 6.54 Å². The van der Waals surface area contributed by atoms with E-state index in [2.05, 4.69) is 36.6 Å². The van der Waals surface area contributed by atoms with Gasteiger partial charge >= 0.3 is 0 Å². The van der Waals surface area contributed by atoms with Crippen LogP contribution < -0.4 is 10.6 Å². The second-order valence-electron chi connectivity index (χ2n) is 4.76. The van der Waals surface area contributed by atoms with Crippen LogP contribution in [0.25, 0.3) is 0 Å². The fourth-order valence-corrected chi connectivity index (χ4v) is 1.86. The molecule has 0 aromatic rings. The first kappa shape index (κ1) is 13.2. The topological polar surface area (TPSA) is 41.1 Å². The van der Waals surface area contributed by atoms with Crippen LogP contribution in [0, 0.1) is 0 Å². The number of nitrogens with one attached hydrogen (secondary N) is 2. The van der Waals surface area contributed by atoms with Gasteiger partial charge in [0, 0.05) is 18.5 Å². The normalized spacial score (nSPS) is 20.1. The fourth-order valence-electron chi connectivity index (χ4n) is 1.86. The lowest BCUT2D eigenvalue weighted by atomic mass is 10.0. The maximum Gasteiger partial charge on any atom is 0.220 e. The molecule has 1 atom stereocenters. The number of amides is 1. The highest BCUT2D eigenvalue weighted by Gasteiger charge is 2.12. The fraction of sp³-hybridized carbons (Fsp3) is 0.769. The molecule has 16 heavy (non-hydrogen) atoms. The summed E-state index contributed by atoms with van der Waals surface area (Å²) in [4.78, 5) is 11.6. The zero-order valence-corrected chi connectivity index (χ0v) is 10.5. The maximum absolute atomic E-state index is 11.6. The van der Waals surface area contributed by atoms with E-state index in [1.54, 1.807) is 0 Å². The van der Waals surface area contributed by atoms with E-state index in [1.807, 2.05) is 0 Å². The van der Waals surface area contributed by atoms with Crippen molar-refractivity contribution in [3.8, 4) is 0 Å². The van der Waals surface area contributed by atoms with E-state index in [-0.39, 0.29) is 5.91 Å². The molecule has 0 spiro atoms. The molecule has 1 rings (SSSR count). The first-order chi connectivity index (χ1) is 7.68. The average molecular weight is 224 g/mol. The molecule has 0 heterocycles. The van der Waals surface area contributed by atoms with Crippen LogP contribution in [0.2, 0.25) is 0 Å². The summed E-state index contributed by atoms with van der Waals surface area (Å²) in [7, 11) is 0. The van der Waals surface area contributed by atoms with Gasteiger partial charge in [-0.15, -0.1) is 0 Å². The van der Waals surface area contributed by atoms with E-state index < -0.39 is 0 Å². The SMILES string of the molecule is CC(C)NCCCC(=O)NC1CC=CCC1. The smallest absolute Gasteiger partial charge is 0.220 e. The molecule has 0 fully saturated rings. The molecule has 2 N–H and O–H groups in total. The Kier molecular flexibility index (Phi) is 6.16. The molecule has 92 valence electrons. The van der Waals surface area contributed by atoms with E-state index >= 15 is 0 Å². The first-order valence-corrected chi connectivity index (χ1v) is 6.36. The van der Waals surface area contributed by atoms with E-state index in [1.165, 1.54) is 0 Å². The second kappa shape index (κ2) is 7.44. The van der Waals surface area contributed by atoms with Gasteiger partial charge in [-0.1, -0.05) is 26.0 Å². The van der Waals surface area contributed by atoms with Gasteiger partial charge < -0.3 is 10.6 Å². The second-order valence-corrected chi connectivity index (χ2v) is 4.76. The summed E-state index contributed by atoms with van der Waals surface area (Å²) >= 11 is 0. The lowest BCUT2D eigenvalue weighted by Crippen LogP contribution is -2.35. The molecule has 0 aromatic carbocycles. The van der Waals surface area contributed by atoms with Crippen molar-refractivity contribution in [1.82, 2.24) is 10.6 Å². The molecule has 3 nitrogen and oxygen atoms in total. The number of carbonyl (C=O) groups is 1. The highest BCUT2D eigenvalue weighted by molar-refractivity contribution is 5.76. The molecule has 0 saturated carbocycles.